The molecule has 1 aliphatic rings. The number of likely N-dealkylation sites (N-methyl/N-ethyl adjacent to an activating group) is 2. The standard InChI is InChI=1S/C19H19N3O3S/c1-11-9-13(12(2)22(11)14-5-7-15(23)8-6-14)10-16-17(24)20(3)19(26)21(4)18(16)25/h5-10,23H,1-4H3. The van der Waals surface area contributed by atoms with E-state index in [0.717, 1.165) is 22.6 Å². The second-order valence-electron chi connectivity index (χ2n) is 6.25. The van der Waals surface area contributed by atoms with Gasteiger partial charge in [0.15, 0.2) is 5.11 Å². The Morgan fingerprint density at radius 1 is 1.00 bits per heavy atom. The van der Waals surface area contributed by atoms with E-state index in [4.69, 9.17) is 12.2 Å². The van der Waals surface area contributed by atoms with Gasteiger partial charge in [0, 0.05) is 31.2 Å². The van der Waals surface area contributed by atoms with Gasteiger partial charge >= 0.3 is 0 Å². The lowest BCUT2D eigenvalue weighted by atomic mass is 10.1. The van der Waals surface area contributed by atoms with Crippen LogP contribution in [0.15, 0.2) is 35.9 Å². The molecule has 1 aliphatic heterocycles. The summed E-state index contributed by atoms with van der Waals surface area (Å²) in [5, 5.41) is 9.67. The van der Waals surface area contributed by atoms with E-state index < -0.39 is 11.8 Å². The number of amides is 2. The maximum Gasteiger partial charge on any atom is 0.265 e. The van der Waals surface area contributed by atoms with Crippen molar-refractivity contribution in [3.8, 4) is 11.4 Å². The van der Waals surface area contributed by atoms with Crippen LogP contribution in [0, 0.1) is 13.8 Å². The van der Waals surface area contributed by atoms with Gasteiger partial charge in [-0.3, -0.25) is 19.4 Å². The van der Waals surface area contributed by atoms with Gasteiger partial charge < -0.3 is 9.67 Å². The first-order chi connectivity index (χ1) is 12.2. The number of aromatic hydroxyl groups is 1. The molecular weight excluding hydrogens is 350 g/mol. The topological polar surface area (TPSA) is 65.8 Å². The Labute approximate surface area is 156 Å². The van der Waals surface area contributed by atoms with Crippen molar-refractivity contribution >= 4 is 35.2 Å². The lowest BCUT2D eigenvalue weighted by Crippen LogP contribution is -2.52. The van der Waals surface area contributed by atoms with Gasteiger partial charge in [-0.1, -0.05) is 0 Å². The minimum absolute atomic E-state index is 0.0783. The van der Waals surface area contributed by atoms with Gasteiger partial charge in [0.1, 0.15) is 11.3 Å². The van der Waals surface area contributed by atoms with Gasteiger partial charge in [-0.2, -0.15) is 0 Å². The molecule has 3 rings (SSSR count). The van der Waals surface area contributed by atoms with Crippen LogP contribution in [0.3, 0.4) is 0 Å². The summed E-state index contributed by atoms with van der Waals surface area (Å²) in [6, 6.07) is 8.77. The number of aromatic nitrogens is 1. The lowest BCUT2D eigenvalue weighted by Gasteiger charge is -2.31. The van der Waals surface area contributed by atoms with E-state index in [9.17, 15) is 14.7 Å². The zero-order valence-corrected chi connectivity index (χ0v) is 15.8. The molecule has 7 heteroatoms. The van der Waals surface area contributed by atoms with Crippen molar-refractivity contribution in [3.63, 3.8) is 0 Å². The molecule has 0 bridgehead atoms. The van der Waals surface area contributed by atoms with E-state index >= 15 is 0 Å². The number of rotatable bonds is 2. The molecule has 134 valence electrons. The number of aryl methyl sites for hydroxylation is 1. The van der Waals surface area contributed by atoms with Gasteiger partial charge in [-0.05, 0) is 68.0 Å². The molecule has 0 aliphatic carbocycles. The Balaban J connectivity index is 2.08. The molecule has 1 saturated heterocycles. The molecule has 0 unspecified atom stereocenters. The van der Waals surface area contributed by atoms with Gasteiger partial charge in [-0.15, -0.1) is 0 Å². The number of thiocarbonyl (C=S) groups is 1. The molecule has 1 N–H and O–H groups in total. The smallest absolute Gasteiger partial charge is 0.265 e. The Kier molecular flexibility index (Phi) is 4.41. The first kappa shape index (κ1) is 17.9. The van der Waals surface area contributed by atoms with Gasteiger partial charge in [0.25, 0.3) is 11.8 Å². The fourth-order valence-corrected chi connectivity index (χ4v) is 3.23. The van der Waals surface area contributed by atoms with Crippen molar-refractivity contribution < 1.29 is 14.7 Å². The highest BCUT2D eigenvalue weighted by Gasteiger charge is 2.35. The Hall–Kier alpha value is -2.93. The van der Waals surface area contributed by atoms with Crippen LogP contribution in [0.4, 0.5) is 0 Å². The summed E-state index contributed by atoms with van der Waals surface area (Å²) in [5.41, 5.74) is 3.59. The molecule has 0 atom stereocenters. The van der Waals surface area contributed by atoms with Crippen LogP contribution in [0.2, 0.25) is 0 Å². The molecule has 2 amide bonds. The van der Waals surface area contributed by atoms with Crippen LogP contribution in [-0.2, 0) is 9.59 Å². The number of carbonyl (C=O) groups excluding carboxylic acids is 2. The highest BCUT2D eigenvalue weighted by Crippen LogP contribution is 2.25. The van der Waals surface area contributed by atoms with E-state index in [1.54, 1.807) is 32.3 Å². The average Bonchev–Trinajstić information content (AvgIpc) is 2.90. The highest BCUT2D eigenvalue weighted by atomic mass is 32.1. The normalized spacial score (nSPS) is 15.1. The molecule has 1 aromatic carbocycles. The van der Waals surface area contributed by atoms with E-state index in [2.05, 4.69) is 0 Å². The Morgan fingerprint density at radius 3 is 2.08 bits per heavy atom. The van der Waals surface area contributed by atoms with Crippen molar-refractivity contribution in [1.82, 2.24) is 14.4 Å². The number of hydrogen-bond donors (Lipinski definition) is 1. The van der Waals surface area contributed by atoms with Crippen molar-refractivity contribution in [1.29, 1.82) is 0 Å². The molecule has 1 fully saturated rings. The van der Waals surface area contributed by atoms with Crippen molar-refractivity contribution in [3.05, 3.63) is 52.9 Å². The maximum absolute atomic E-state index is 12.5. The minimum atomic E-state index is -0.410. The average molecular weight is 369 g/mol. The van der Waals surface area contributed by atoms with Gasteiger partial charge in [0.2, 0.25) is 0 Å². The summed E-state index contributed by atoms with van der Waals surface area (Å²) in [5.74, 6) is -0.626. The first-order valence-corrected chi connectivity index (χ1v) is 8.43. The molecule has 0 spiro atoms. The first-order valence-electron chi connectivity index (χ1n) is 8.02. The third-order valence-corrected chi connectivity index (χ3v) is 5.07. The van der Waals surface area contributed by atoms with Crippen LogP contribution < -0.4 is 0 Å². The summed E-state index contributed by atoms with van der Waals surface area (Å²) in [6.45, 7) is 3.86. The second kappa shape index (κ2) is 6.42. The third-order valence-electron chi connectivity index (χ3n) is 4.52. The molecular formula is C19H19N3O3S. The van der Waals surface area contributed by atoms with Crippen molar-refractivity contribution in [2.75, 3.05) is 14.1 Å². The Bertz CT molecular complexity index is 931. The summed E-state index contributed by atoms with van der Waals surface area (Å²) < 4.78 is 2.00. The number of phenolic OH excluding ortho intramolecular Hbond substituents is 1. The predicted molar refractivity (Wildman–Crippen MR) is 103 cm³/mol. The largest absolute Gasteiger partial charge is 0.508 e. The SMILES string of the molecule is Cc1cc(C=C2C(=O)N(C)C(=S)N(C)C2=O)c(C)n1-c1ccc(O)cc1. The van der Waals surface area contributed by atoms with Crippen molar-refractivity contribution in [2.45, 2.75) is 13.8 Å². The van der Waals surface area contributed by atoms with E-state index in [0.29, 0.717) is 0 Å². The second-order valence-corrected chi connectivity index (χ2v) is 6.61. The monoisotopic (exact) mass is 369 g/mol. The summed E-state index contributed by atoms with van der Waals surface area (Å²) in [6.07, 6.45) is 1.61. The van der Waals surface area contributed by atoms with Gasteiger partial charge in [-0.25, -0.2) is 0 Å². The summed E-state index contributed by atoms with van der Waals surface area (Å²) >= 11 is 5.11. The molecule has 26 heavy (non-hydrogen) atoms. The number of nitrogens with zero attached hydrogens (tertiary/aromatic N) is 3. The van der Waals surface area contributed by atoms with Gasteiger partial charge in [0.05, 0.1) is 0 Å². The van der Waals surface area contributed by atoms with Crippen LogP contribution >= 0.6 is 12.2 Å². The molecule has 2 aromatic rings. The van der Waals surface area contributed by atoms with Crippen LogP contribution in [0.1, 0.15) is 17.0 Å². The predicted octanol–water partition coefficient (Wildman–Crippen LogP) is 2.40. The number of carbonyl (C=O) groups is 2. The van der Waals surface area contributed by atoms with E-state index in [-0.39, 0.29) is 16.4 Å². The maximum atomic E-state index is 12.5. The third kappa shape index (κ3) is 2.80. The van der Waals surface area contributed by atoms with Crippen LogP contribution in [0.5, 0.6) is 5.75 Å². The summed E-state index contributed by atoms with van der Waals surface area (Å²) in [7, 11) is 3.11. The Morgan fingerprint density at radius 2 is 1.54 bits per heavy atom. The summed E-state index contributed by atoms with van der Waals surface area (Å²) in [4.78, 5) is 27.6. The van der Waals surface area contributed by atoms with E-state index in [1.165, 1.54) is 9.80 Å². The van der Waals surface area contributed by atoms with Crippen LogP contribution in [-0.4, -0.2) is 50.5 Å². The lowest BCUT2D eigenvalue weighted by molar-refractivity contribution is -0.132. The fraction of sp³-hybridized carbons (Fsp3) is 0.211. The molecule has 2 heterocycles. The van der Waals surface area contributed by atoms with Crippen LogP contribution in [0.25, 0.3) is 11.8 Å². The fourth-order valence-electron chi connectivity index (χ4n) is 3.06. The number of benzene rings is 1. The molecule has 6 nitrogen and oxygen atoms in total. The molecule has 0 saturated carbocycles. The van der Waals surface area contributed by atoms with E-state index in [1.807, 2.05) is 36.6 Å². The minimum Gasteiger partial charge on any atom is -0.508 e. The zero-order valence-electron chi connectivity index (χ0n) is 15.0. The highest BCUT2D eigenvalue weighted by molar-refractivity contribution is 7.80. The number of hydrogen-bond acceptors (Lipinski definition) is 4. The zero-order chi connectivity index (χ0) is 19.2. The molecule has 0 radical (unpaired) electrons. The number of phenols is 1. The quantitative estimate of drug-likeness (QED) is 0.502. The molecule has 1 aromatic heterocycles. The van der Waals surface area contributed by atoms with Crippen molar-refractivity contribution in [2.24, 2.45) is 0 Å².